The number of likely N-dealkylation sites (tertiary alicyclic amines) is 1. The minimum absolute atomic E-state index is 0.0553. The van der Waals surface area contributed by atoms with Gasteiger partial charge in [0.1, 0.15) is 17.8 Å². The summed E-state index contributed by atoms with van der Waals surface area (Å²) in [6.07, 6.45) is 0.791. The molecule has 1 aromatic carbocycles. The van der Waals surface area contributed by atoms with Crippen LogP contribution < -0.4 is 10.6 Å². The number of halogens is 5. The molecule has 1 saturated carbocycles. The summed E-state index contributed by atoms with van der Waals surface area (Å²) in [7, 11) is 0. The maximum Gasteiger partial charge on any atom is 0.416 e. The molecule has 7 nitrogen and oxygen atoms in total. The second-order valence-electron chi connectivity index (χ2n) is 9.88. The zero-order valence-electron chi connectivity index (χ0n) is 20.0. The van der Waals surface area contributed by atoms with E-state index in [9.17, 15) is 26.7 Å². The lowest BCUT2D eigenvalue weighted by molar-refractivity contribution is -0.137. The lowest BCUT2D eigenvalue weighted by Gasteiger charge is -2.38. The lowest BCUT2D eigenvalue weighted by Crippen LogP contribution is -2.51. The van der Waals surface area contributed by atoms with Crippen molar-refractivity contribution in [2.75, 3.05) is 24.5 Å². The molecule has 37 heavy (non-hydrogen) atoms. The van der Waals surface area contributed by atoms with Crippen molar-refractivity contribution in [1.82, 2.24) is 19.4 Å². The van der Waals surface area contributed by atoms with Gasteiger partial charge in [0.25, 0.3) is 5.92 Å². The number of nitrogens with zero attached hydrogens (tertiary/aromatic N) is 5. The van der Waals surface area contributed by atoms with Crippen LogP contribution >= 0.6 is 0 Å². The Bertz CT molecular complexity index is 1270. The molecule has 0 spiro atoms. The van der Waals surface area contributed by atoms with Gasteiger partial charge in [0, 0.05) is 31.2 Å². The largest absolute Gasteiger partial charge is 0.416 e. The van der Waals surface area contributed by atoms with E-state index in [1.165, 1.54) is 23.4 Å². The van der Waals surface area contributed by atoms with Crippen molar-refractivity contribution in [2.45, 2.75) is 50.5 Å². The number of anilines is 1. The fourth-order valence-electron chi connectivity index (χ4n) is 5.00. The number of rotatable bonds is 8. The third kappa shape index (κ3) is 5.53. The Kier molecular flexibility index (Phi) is 6.55. The Labute approximate surface area is 210 Å². The van der Waals surface area contributed by atoms with E-state index in [4.69, 9.17) is 5.73 Å². The summed E-state index contributed by atoms with van der Waals surface area (Å²) in [6, 6.07) is 7.07. The Morgan fingerprint density at radius 3 is 2.46 bits per heavy atom. The highest BCUT2D eigenvalue weighted by Crippen LogP contribution is 2.38. The highest BCUT2D eigenvalue weighted by Gasteiger charge is 2.45. The number of aromatic nitrogens is 3. The molecular weight excluding hydrogens is 495 g/mol. The van der Waals surface area contributed by atoms with Gasteiger partial charge in [-0.2, -0.15) is 13.2 Å². The Morgan fingerprint density at radius 2 is 1.84 bits per heavy atom. The third-order valence-electron chi connectivity index (χ3n) is 7.05. The van der Waals surface area contributed by atoms with Gasteiger partial charge in [-0.3, -0.25) is 9.69 Å². The molecule has 5 rings (SSSR count). The average molecular weight is 523 g/mol. The first-order chi connectivity index (χ1) is 17.5. The number of piperidine rings is 1. The van der Waals surface area contributed by atoms with Gasteiger partial charge in [-0.1, -0.05) is 12.1 Å². The molecule has 12 heteroatoms. The zero-order chi connectivity index (χ0) is 26.4. The Hall–Kier alpha value is -3.28. The summed E-state index contributed by atoms with van der Waals surface area (Å²) >= 11 is 0. The van der Waals surface area contributed by atoms with Crippen molar-refractivity contribution in [3.63, 3.8) is 0 Å². The van der Waals surface area contributed by atoms with Gasteiger partial charge in [-0.15, -0.1) is 0 Å². The molecule has 3 aromatic rings. The number of nitrogens with two attached hydrogens (primary N) is 1. The Morgan fingerprint density at radius 1 is 1.11 bits per heavy atom. The first kappa shape index (κ1) is 25.4. The number of benzene rings is 1. The normalized spacial score (nSPS) is 20.3. The second kappa shape index (κ2) is 9.55. The van der Waals surface area contributed by atoms with Gasteiger partial charge < -0.3 is 15.2 Å². The van der Waals surface area contributed by atoms with Crippen LogP contribution in [-0.2, 0) is 24.1 Å². The van der Waals surface area contributed by atoms with E-state index in [2.05, 4.69) is 9.97 Å². The predicted octanol–water partition coefficient (Wildman–Crippen LogP) is 4.06. The average Bonchev–Trinajstić information content (AvgIpc) is 3.58. The molecule has 0 bridgehead atoms. The number of hydrogen-bond donors (Lipinski definition) is 1. The second-order valence-corrected chi connectivity index (χ2v) is 9.88. The molecular formula is C25H27F5N6O. The van der Waals surface area contributed by atoms with Gasteiger partial charge in [-0.05, 0) is 49.6 Å². The molecule has 1 saturated heterocycles. The molecule has 0 radical (unpaired) electrons. The smallest absolute Gasteiger partial charge is 0.369 e. The Balaban J connectivity index is 1.36. The fourth-order valence-corrected chi connectivity index (χ4v) is 5.00. The number of hydrogen-bond acceptors (Lipinski definition) is 5. The van der Waals surface area contributed by atoms with Crippen LogP contribution in [0.15, 0.2) is 42.9 Å². The van der Waals surface area contributed by atoms with Gasteiger partial charge in [-0.25, -0.2) is 18.7 Å². The molecule has 1 aliphatic carbocycles. The van der Waals surface area contributed by atoms with Crippen molar-refractivity contribution in [1.29, 1.82) is 0 Å². The first-order valence-corrected chi connectivity index (χ1v) is 12.1. The van der Waals surface area contributed by atoms with Crippen LogP contribution in [0.1, 0.15) is 30.4 Å². The summed E-state index contributed by atoms with van der Waals surface area (Å²) in [4.78, 5) is 23.4. The zero-order valence-corrected chi connectivity index (χ0v) is 20.0. The quantitative estimate of drug-likeness (QED) is 0.452. The van der Waals surface area contributed by atoms with Crippen LogP contribution in [0.2, 0.25) is 0 Å². The van der Waals surface area contributed by atoms with Crippen molar-refractivity contribution < 1.29 is 26.7 Å². The van der Waals surface area contributed by atoms with E-state index >= 15 is 0 Å². The molecule has 2 fully saturated rings. The molecule has 0 unspecified atom stereocenters. The standard InChI is InChI=1S/C25H27F5N6O/c26-24(27)14-34(13-21(31)37)9-7-18(24)12-35-10-8-20-22(35)32-15-33-23(20)36(19-5-6-19)11-16-1-3-17(4-2-16)25(28,29)30/h1-4,8,10,15,18-19H,5-7,9,11-14H2,(H2,31,37)/t18-/m1/s1. The summed E-state index contributed by atoms with van der Waals surface area (Å²) in [5, 5.41) is 0.704. The fraction of sp³-hybridized carbons (Fsp3) is 0.480. The monoisotopic (exact) mass is 522 g/mol. The molecule has 3 heterocycles. The van der Waals surface area contributed by atoms with Crippen LogP contribution in [0.5, 0.6) is 0 Å². The van der Waals surface area contributed by atoms with Crippen LogP contribution in [-0.4, -0.2) is 56.9 Å². The third-order valence-corrected chi connectivity index (χ3v) is 7.05. The molecule has 2 N–H and O–H groups in total. The first-order valence-electron chi connectivity index (χ1n) is 12.1. The number of carbonyl (C=O) groups excluding carboxylic acids is 1. The van der Waals surface area contributed by atoms with E-state index in [1.54, 1.807) is 16.8 Å². The number of carbonyl (C=O) groups is 1. The van der Waals surface area contributed by atoms with E-state index in [0.29, 0.717) is 35.5 Å². The molecule has 1 aliphatic heterocycles. The van der Waals surface area contributed by atoms with Crippen LogP contribution in [0.25, 0.3) is 11.0 Å². The molecule has 2 aliphatic rings. The summed E-state index contributed by atoms with van der Waals surface area (Å²) in [5.41, 5.74) is 5.70. The summed E-state index contributed by atoms with van der Waals surface area (Å²) in [5.74, 6) is -3.93. The van der Waals surface area contributed by atoms with Crippen LogP contribution in [0, 0.1) is 5.92 Å². The van der Waals surface area contributed by atoms with Gasteiger partial charge in [0.2, 0.25) is 5.91 Å². The maximum absolute atomic E-state index is 14.9. The van der Waals surface area contributed by atoms with Crippen molar-refractivity contribution >= 4 is 22.8 Å². The minimum atomic E-state index is -4.40. The highest BCUT2D eigenvalue weighted by molar-refractivity contribution is 5.88. The van der Waals surface area contributed by atoms with Crippen molar-refractivity contribution in [3.8, 4) is 0 Å². The SMILES string of the molecule is NC(=O)CN1CC[C@H](Cn2ccc3c(N(Cc4ccc(C(F)(F)F)cc4)C4CC4)ncnc32)C(F)(F)C1. The number of primary amides is 1. The summed E-state index contributed by atoms with van der Waals surface area (Å²) < 4.78 is 70.4. The molecule has 1 amide bonds. The number of amides is 1. The molecule has 2 aromatic heterocycles. The lowest BCUT2D eigenvalue weighted by atomic mass is 9.92. The number of alkyl halides is 5. The van der Waals surface area contributed by atoms with E-state index in [1.807, 2.05) is 4.90 Å². The number of fused-ring (bicyclic) bond motifs is 1. The van der Waals surface area contributed by atoms with E-state index < -0.39 is 36.0 Å². The molecule has 198 valence electrons. The van der Waals surface area contributed by atoms with Crippen LogP contribution in [0.4, 0.5) is 27.8 Å². The van der Waals surface area contributed by atoms with E-state index in [0.717, 1.165) is 25.0 Å². The van der Waals surface area contributed by atoms with E-state index in [-0.39, 0.29) is 25.6 Å². The highest BCUT2D eigenvalue weighted by atomic mass is 19.4. The van der Waals surface area contributed by atoms with Crippen molar-refractivity contribution in [2.24, 2.45) is 11.7 Å². The molecule has 1 atom stereocenters. The summed E-state index contributed by atoms with van der Waals surface area (Å²) in [6.45, 7) is 0.0608. The topological polar surface area (TPSA) is 80.3 Å². The van der Waals surface area contributed by atoms with Gasteiger partial charge in [0.05, 0.1) is 24.0 Å². The maximum atomic E-state index is 14.9. The minimum Gasteiger partial charge on any atom is -0.369 e. The van der Waals surface area contributed by atoms with Crippen LogP contribution in [0.3, 0.4) is 0 Å². The van der Waals surface area contributed by atoms with Gasteiger partial charge >= 0.3 is 6.18 Å². The predicted molar refractivity (Wildman–Crippen MR) is 127 cm³/mol. The van der Waals surface area contributed by atoms with Crippen molar-refractivity contribution in [3.05, 3.63) is 54.0 Å². The van der Waals surface area contributed by atoms with Gasteiger partial charge in [0.15, 0.2) is 0 Å².